The Morgan fingerprint density at radius 1 is 1.27 bits per heavy atom. The first kappa shape index (κ1) is 20.1. The lowest BCUT2D eigenvalue weighted by molar-refractivity contribution is 0.0821. The molecule has 0 spiro atoms. The maximum Gasteiger partial charge on any atom is 0.270 e. The first-order chi connectivity index (χ1) is 14.3. The minimum Gasteiger partial charge on any atom is -0.372 e. The summed E-state index contributed by atoms with van der Waals surface area (Å²) in [6, 6.07) is 11.4. The molecular weight excluding hydrogens is 376 g/mol. The van der Waals surface area contributed by atoms with Crippen LogP contribution in [0.1, 0.15) is 50.5 Å². The van der Waals surface area contributed by atoms with E-state index >= 15 is 0 Å². The number of aromatic nitrogens is 2. The maximum atomic E-state index is 12.9. The summed E-state index contributed by atoms with van der Waals surface area (Å²) in [5.74, 6) is 0.872. The summed E-state index contributed by atoms with van der Waals surface area (Å²) in [5.41, 5.74) is 2.32. The van der Waals surface area contributed by atoms with Crippen molar-refractivity contribution in [2.75, 3.05) is 17.2 Å². The fraction of sp³-hybridized carbons (Fsp3) is 0.478. The van der Waals surface area contributed by atoms with E-state index in [1.807, 2.05) is 24.3 Å². The number of anilines is 3. The Bertz CT molecular complexity index is 997. The summed E-state index contributed by atoms with van der Waals surface area (Å²) in [7, 11) is 0. The molecule has 1 heterocycles. The highest BCUT2D eigenvalue weighted by molar-refractivity contribution is 5.92. The summed E-state index contributed by atoms with van der Waals surface area (Å²) in [4.78, 5) is 21.6. The van der Waals surface area contributed by atoms with Gasteiger partial charge in [0.2, 0.25) is 5.95 Å². The predicted octanol–water partition coefficient (Wildman–Crippen LogP) is 4.10. The number of benzene rings is 1. The first-order valence-corrected chi connectivity index (χ1v) is 10.5. The van der Waals surface area contributed by atoms with Crippen molar-refractivity contribution in [3.05, 3.63) is 42.2 Å². The molecule has 1 aromatic carbocycles. The molecule has 2 saturated carbocycles. The number of rotatable bonds is 6. The molecular formula is C23H28N6O. The van der Waals surface area contributed by atoms with E-state index < -0.39 is 0 Å². The molecule has 1 aromatic heterocycles. The zero-order chi connectivity index (χ0) is 21.4. The van der Waals surface area contributed by atoms with Gasteiger partial charge >= 0.3 is 0 Å². The summed E-state index contributed by atoms with van der Waals surface area (Å²) < 4.78 is 0. The third-order valence-corrected chi connectivity index (χ3v) is 7.48. The number of nitriles is 1. The van der Waals surface area contributed by atoms with Gasteiger partial charge in [-0.05, 0) is 60.3 Å². The van der Waals surface area contributed by atoms with E-state index in [2.05, 4.69) is 52.8 Å². The van der Waals surface area contributed by atoms with Gasteiger partial charge in [0.05, 0.1) is 6.07 Å². The van der Waals surface area contributed by atoms with Crippen molar-refractivity contribution in [1.82, 2.24) is 15.3 Å². The van der Waals surface area contributed by atoms with Crippen molar-refractivity contribution >= 4 is 23.2 Å². The van der Waals surface area contributed by atoms with Gasteiger partial charge in [0.25, 0.3) is 5.91 Å². The third kappa shape index (κ3) is 3.47. The Morgan fingerprint density at radius 2 is 2.07 bits per heavy atom. The molecule has 30 heavy (non-hydrogen) atoms. The van der Waals surface area contributed by atoms with Crippen molar-refractivity contribution in [3.63, 3.8) is 0 Å². The van der Waals surface area contributed by atoms with Crippen LogP contribution in [0.4, 0.5) is 17.3 Å². The predicted molar refractivity (Wildman–Crippen MR) is 116 cm³/mol. The van der Waals surface area contributed by atoms with Crippen molar-refractivity contribution in [2.24, 2.45) is 16.7 Å². The second-order valence-corrected chi connectivity index (χ2v) is 9.12. The van der Waals surface area contributed by atoms with Gasteiger partial charge in [-0.1, -0.05) is 26.8 Å². The van der Waals surface area contributed by atoms with Gasteiger partial charge < -0.3 is 16.0 Å². The minimum absolute atomic E-state index is 0.123. The van der Waals surface area contributed by atoms with Gasteiger partial charge in [-0.25, -0.2) is 9.97 Å². The van der Waals surface area contributed by atoms with E-state index in [1.54, 1.807) is 12.3 Å². The highest BCUT2D eigenvalue weighted by atomic mass is 16.2. The summed E-state index contributed by atoms with van der Waals surface area (Å²) in [6.07, 6.45) is 5.03. The Balaban J connectivity index is 1.45. The van der Waals surface area contributed by atoms with Crippen LogP contribution in [-0.4, -0.2) is 28.5 Å². The zero-order valence-electron chi connectivity index (χ0n) is 17.7. The normalized spacial score (nSPS) is 26.1. The highest BCUT2D eigenvalue weighted by Gasteiger charge is 2.61. The van der Waals surface area contributed by atoms with Crippen molar-refractivity contribution < 1.29 is 4.79 Å². The third-order valence-electron chi connectivity index (χ3n) is 7.48. The topological polar surface area (TPSA) is 103 Å². The quantitative estimate of drug-likeness (QED) is 0.627. The lowest BCUT2D eigenvalue weighted by Crippen LogP contribution is -2.47. The minimum atomic E-state index is -0.153. The van der Waals surface area contributed by atoms with Gasteiger partial charge in [-0.15, -0.1) is 0 Å². The van der Waals surface area contributed by atoms with Crippen LogP contribution in [0, 0.1) is 28.1 Å². The molecule has 2 aliphatic rings. The fourth-order valence-corrected chi connectivity index (χ4v) is 5.18. The summed E-state index contributed by atoms with van der Waals surface area (Å²) >= 11 is 0. The molecule has 0 aliphatic heterocycles. The van der Waals surface area contributed by atoms with Gasteiger partial charge in [-0.2, -0.15) is 5.26 Å². The Hall–Kier alpha value is -3.14. The van der Waals surface area contributed by atoms with E-state index in [-0.39, 0.29) is 29.3 Å². The number of nitrogens with zero attached hydrogens (tertiary/aromatic N) is 3. The van der Waals surface area contributed by atoms with E-state index in [1.165, 1.54) is 6.42 Å². The maximum absolute atomic E-state index is 12.9. The van der Waals surface area contributed by atoms with Crippen LogP contribution < -0.4 is 16.0 Å². The van der Waals surface area contributed by atoms with E-state index in [0.29, 0.717) is 17.6 Å². The number of hydrogen-bond acceptors (Lipinski definition) is 6. The Kier molecular flexibility index (Phi) is 5.10. The van der Waals surface area contributed by atoms with Gasteiger partial charge in [-0.3, -0.25) is 4.79 Å². The molecule has 3 unspecified atom stereocenters. The fourth-order valence-electron chi connectivity index (χ4n) is 5.18. The van der Waals surface area contributed by atoms with Gasteiger partial charge in [0, 0.05) is 23.6 Å². The van der Waals surface area contributed by atoms with Crippen LogP contribution in [0.3, 0.4) is 0 Å². The molecule has 1 amide bonds. The second kappa shape index (κ2) is 7.60. The molecule has 7 nitrogen and oxygen atoms in total. The van der Waals surface area contributed by atoms with Gasteiger partial charge in [0.1, 0.15) is 12.2 Å². The molecule has 2 aromatic rings. The molecule has 2 fully saturated rings. The van der Waals surface area contributed by atoms with Crippen LogP contribution in [0.2, 0.25) is 0 Å². The van der Waals surface area contributed by atoms with Crippen LogP contribution in [0.15, 0.2) is 36.5 Å². The zero-order valence-corrected chi connectivity index (χ0v) is 17.7. The number of fused-ring (bicyclic) bond motifs is 2. The average Bonchev–Trinajstić information content (AvgIpc) is 3.06. The summed E-state index contributed by atoms with van der Waals surface area (Å²) in [5, 5.41) is 18.1. The second-order valence-electron chi connectivity index (χ2n) is 9.12. The largest absolute Gasteiger partial charge is 0.372 e. The van der Waals surface area contributed by atoms with Crippen LogP contribution in [0.5, 0.6) is 0 Å². The molecule has 2 aliphatic carbocycles. The lowest BCUT2D eigenvalue weighted by atomic mass is 9.69. The lowest BCUT2D eigenvalue weighted by Gasteiger charge is -2.39. The molecule has 7 heteroatoms. The number of nitrogens with one attached hydrogen (secondary N) is 3. The number of amides is 1. The molecule has 2 bridgehead atoms. The SMILES string of the molecule is CC1(C)C2CCC1(C)C(NC(=O)c1ccnc(Nc3cccc(NCC#N)c3)n1)C2. The first-order valence-electron chi connectivity index (χ1n) is 10.5. The highest BCUT2D eigenvalue weighted by Crippen LogP contribution is 2.65. The van der Waals surface area contributed by atoms with E-state index in [0.717, 1.165) is 24.2 Å². The standard InChI is InChI=1S/C23H28N6O/c1-22(2)15-7-9-23(22,3)19(13-15)29-20(30)18-8-11-26-21(28-18)27-17-6-4-5-16(14-17)25-12-10-24/h4-6,8,11,14-15,19,25H,7,9,12-13H2,1-3H3,(H,29,30)(H,26,27,28). The van der Waals surface area contributed by atoms with Crippen LogP contribution in [-0.2, 0) is 0 Å². The van der Waals surface area contributed by atoms with E-state index in [9.17, 15) is 4.79 Å². The molecule has 0 saturated heterocycles. The smallest absolute Gasteiger partial charge is 0.270 e. The van der Waals surface area contributed by atoms with Crippen molar-refractivity contribution in [3.8, 4) is 6.07 Å². The van der Waals surface area contributed by atoms with Gasteiger partial charge in [0.15, 0.2) is 0 Å². The average molecular weight is 405 g/mol. The number of hydrogen-bond donors (Lipinski definition) is 3. The van der Waals surface area contributed by atoms with E-state index in [4.69, 9.17) is 5.26 Å². The number of carbonyl (C=O) groups excluding carboxylic acids is 1. The van der Waals surface area contributed by atoms with Crippen LogP contribution in [0.25, 0.3) is 0 Å². The molecule has 3 N–H and O–H groups in total. The van der Waals surface area contributed by atoms with Crippen molar-refractivity contribution in [1.29, 1.82) is 5.26 Å². The Labute approximate surface area is 177 Å². The monoisotopic (exact) mass is 404 g/mol. The molecule has 3 atom stereocenters. The van der Waals surface area contributed by atoms with Crippen LogP contribution >= 0.6 is 0 Å². The molecule has 4 rings (SSSR count). The molecule has 156 valence electrons. The number of carbonyl (C=O) groups is 1. The van der Waals surface area contributed by atoms with Crippen molar-refractivity contribution in [2.45, 2.75) is 46.1 Å². The molecule has 0 radical (unpaired) electrons. The Morgan fingerprint density at radius 3 is 2.77 bits per heavy atom. The summed E-state index contributed by atoms with van der Waals surface area (Å²) in [6.45, 7) is 7.21.